The van der Waals surface area contributed by atoms with Gasteiger partial charge in [0.1, 0.15) is 5.69 Å². The lowest BCUT2D eigenvalue weighted by atomic mass is 10.1. The summed E-state index contributed by atoms with van der Waals surface area (Å²) in [6.07, 6.45) is 3.29. The molecule has 0 saturated heterocycles. The Morgan fingerprint density at radius 2 is 1.71 bits per heavy atom. The van der Waals surface area contributed by atoms with Crippen LogP contribution in [0.1, 0.15) is 11.1 Å². The zero-order chi connectivity index (χ0) is 24.8. The maximum atomic E-state index is 12.4. The molecule has 178 valence electrons. The first kappa shape index (κ1) is 24.5. The highest BCUT2D eigenvalue weighted by Crippen LogP contribution is 2.24. The summed E-state index contributed by atoms with van der Waals surface area (Å²) in [5.74, 6) is -0.599. The van der Waals surface area contributed by atoms with Crippen LogP contribution in [-0.2, 0) is 14.8 Å². The Morgan fingerprint density at radius 1 is 1.03 bits per heavy atom. The summed E-state index contributed by atoms with van der Waals surface area (Å²) in [7, 11) is -3.80. The monoisotopic (exact) mass is 551 g/mol. The molecule has 4 aromatic rings. The number of aryl methyl sites for hydroxylation is 1. The van der Waals surface area contributed by atoms with E-state index >= 15 is 0 Å². The molecule has 1 heterocycles. The molecule has 3 aromatic carbocycles. The number of benzene rings is 3. The number of hydrogen-bond donors (Lipinski definition) is 2. The lowest BCUT2D eigenvalue weighted by Crippen LogP contribution is -2.34. The van der Waals surface area contributed by atoms with Gasteiger partial charge in [-0.05, 0) is 43.3 Å². The minimum Gasteiger partial charge on any atom is -0.272 e. The molecule has 0 spiro atoms. The summed E-state index contributed by atoms with van der Waals surface area (Å²) >= 11 is 3.43. The number of hydrazone groups is 1. The van der Waals surface area contributed by atoms with Crippen LogP contribution in [0.2, 0.25) is 0 Å². The average Bonchev–Trinajstić information content (AvgIpc) is 3.28. The van der Waals surface area contributed by atoms with Crippen molar-refractivity contribution >= 4 is 38.1 Å². The lowest BCUT2D eigenvalue weighted by Gasteiger charge is -2.06. The van der Waals surface area contributed by atoms with Crippen molar-refractivity contribution in [2.24, 2.45) is 5.10 Å². The second-order valence-corrected chi connectivity index (χ2v) is 10.3. The Balaban J connectivity index is 1.47. The highest BCUT2D eigenvalue weighted by atomic mass is 79.9. The fourth-order valence-corrected chi connectivity index (χ4v) is 4.45. The van der Waals surface area contributed by atoms with Crippen LogP contribution in [0.3, 0.4) is 0 Å². The van der Waals surface area contributed by atoms with Gasteiger partial charge < -0.3 is 0 Å². The Hall–Kier alpha value is -3.60. The largest absolute Gasteiger partial charge is 0.272 e. The van der Waals surface area contributed by atoms with Crippen molar-refractivity contribution in [2.75, 3.05) is 6.54 Å². The number of para-hydroxylation sites is 1. The van der Waals surface area contributed by atoms with Gasteiger partial charge in [0.25, 0.3) is 5.91 Å². The summed E-state index contributed by atoms with van der Waals surface area (Å²) in [6.45, 7) is 1.41. The number of sulfonamides is 1. The molecule has 0 aliphatic carbocycles. The minimum atomic E-state index is -3.80. The number of hydrogen-bond acceptors (Lipinski definition) is 5. The number of nitrogens with one attached hydrogen (secondary N) is 2. The fraction of sp³-hybridized carbons (Fsp3) is 0.0800. The van der Waals surface area contributed by atoms with E-state index in [1.54, 1.807) is 16.8 Å². The van der Waals surface area contributed by atoms with Crippen molar-refractivity contribution in [3.63, 3.8) is 0 Å². The van der Waals surface area contributed by atoms with Crippen molar-refractivity contribution in [2.45, 2.75) is 11.8 Å². The van der Waals surface area contributed by atoms with Gasteiger partial charge in [-0.15, -0.1) is 0 Å². The maximum Gasteiger partial charge on any atom is 0.255 e. The SMILES string of the molecule is Cc1ccc(S(=O)(=O)NCC(=O)N/N=C/c2cn(-c3ccccc3)nc2-c2ccc(Br)cc2)cc1. The standard InChI is InChI=1S/C25H22BrN5O3S/c1-18-7-13-23(14-8-18)35(33,34)28-16-24(32)29-27-15-20-17-31(22-5-3-2-4-6-22)30-25(20)19-9-11-21(26)12-10-19/h2-15,17,28H,16H2,1H3,(H,29,32)/b27-15+. The predicted molar refractivity (Wildman–Crippen MR) is 139 cm³/mol. The summed E-state index contributed by atoms with van der Waals surface area (Å²) < 4.78 is 29.7. The van der Waals surface area contributed by atoms with Crippen LogP contribution >= 0.6 is 15.9 Å². The molecular formula is C25H22BrN5O3S. The van der Waals surface area contributed by atoms with Gasteiger partial charge in [-0.25, -0.2) is 23.2 Å². The van der Waals surface area contributed by atoms with E-state index in [0.717, 1.165) is 21.3 Å². The molecule has 0 saturated carbocycles. The van der Waals surface area contributed by atoms with E-state index in [1.807, 2.05) is 67.7 Å². The normalized spacial score (nSPS) is 11.6. The number of aromatic nitrogens is 2. The Bertz CT molecular complexity index is 1450. The number of amides is 1. The van der Waals surface area contributed by atoms with Gasteiger partial charge in [0.05, 0.1) is 23.3 Å². The Kier molecular flexibility index (Phi) is 7.54. The van der Waals surface area contributed by atoms with E-state index in [9.17, 15) is 13.2 Å². The van der Waals surface area contributed by atoms with E-state index in [0.29, 0.717) is 11.3 Å². The quantitative estimate of drug-likeness (QED) is 0.254. The topological polar surface area (TPSA) is 105 Å². The second kappa shape index (κ2) is 10.8. The molecule has 2 N–H and O–H groups in total. The van der Waals surface area contributed by atoms with Gasteiger partial charge in [0, 0.05) is 21.8 Å². The Morgan fingerprint density at radius 3 is 2.40 bits per heavy atom. The molecule has 0 aliphatic heterocycles. The molecule has 1 aromatic heterocycles. The van der Waals surface area contributed by atoms with Crippen LogP contribution in [0.5, 0.6) is 0 Å². The molecular weight excluding hydrogens is 530 g/mol. The van der Waals surface area contributed by atoms with Gasteiger partial charge in [-0.2, -0.15) is 10.2 Å². The summed E-state index contributed by atoms with van der Waals surface area (Å²) in [5, 5.41) is 8.71. The maximum absolute atomic E-state index is 12.4. The summed E-state index contributed by atoms with van der Waals surface area (Å²) in [4.78, 5) is 12.3. The van der Waals surface area contributed by atoms with Crippen molar-refractivity contribution in [1.29, 1.82) is 0 Å². The van der Waals surface area contributed by atoms with E-state index in [1.165, 1.54) is 18.3 Å². The van der Waals surface area contributed by atoms with E-state index in [4.69, 9.17) is 5.10 Å². The first-order valence-electron chi connectivity index (χ1n) is 10.6. The molecule has 10 heteroatoms. The van der Waals surface area contributed by atoms with Crippen LogP contribution in [0, 0.1) is 6.92 Å². The summed E-state index contributed by atoms with van der Waals surface area (Å²) in [6, 6.07) is 23.7. The van der Waals surface area contributed by atoms with Crippen LogP contribution in [0.25, 0.3) is 16.9 Å². The van der Waals surface area contributed by atoms with Gasteiger partial charge in [-0.1, -0.05) is 64.0 Å². The zero-order valence-corrected chi connectivity index (χ0v) is 21.1. The summed E-state index contributed by atoms with van der Waals surface area (Å²) in [5.41, 5.74) is 6.41. The van der Waals surface area contributed by atoms with E-state index in [2.05, 4.69) is 31.2 Å². The lowest BCUT2D eigenvalue weighted by molar-refractivity contribution is -0.119. The minimum absolute atomic E-state index is 0.0897. The number of rotatable bonds is 8. The molecule has 1 amide bonds. The van der Waals surface area contributed by atoms with Gasteiger partial charge in [0.15, 0.2) is 0 Å². The molecule has 0 fully saturated rings. The van der Waals surface area contributed by atoms with Crippen LogP contribution in [0.4, 0.5) is 0 Å². The third-order valence-corrected chi connectivity index (χ3v) is 6.97. The van der Waals surface area contributed by atoms with Crippen LogP contribution in [-0.4, -0.2) is 36.9 Å². The number of halogens is 1. The molecule has 8 nitrogen and oxygen atoms in total. The molecule has 4 rings (SSSR count). The fourth-order valence-electron chi connectivity index (χ4n) is 3.20. The Labute approximate surface area is 211 Å². The average molecular weight is 552 g/mol. The second-order valence-electron chi connectivity index (χ2n) is 7.65. The zero-order valence-electron chi connectivity index (χ0n) is 18.7. The number of nitrogens with zero attached hydrogens (tertiary/aromatic N) is 3. The third-order valence-electron chi connectivity index (χ3n) is 5.03. The van der Waals surface area contributed by atoms with Crippen molar-refractivity contribution in [1.82, 2.24) is 19.9 Å². The predicted octanol–water partition coefficient (Wildman–Crippen LogP) is 4.04. The number of carbonyl (C=O) groups excluding carboxylic acids is 1. The van der Waals surface area contributed by atoms with E-state index in [-0.39, 0.29) is 4.90 Å². The highest BCUT2D eigenvalue weighted by molar-refractivity contribution is 9.10. The van der Waals surface area contributed by atoms with Crippen LogP contribution < -0.4 is 10.1 Å². The van der Waals surface area contributed by atoms with Gasteiger partial charge in [-0.3, -0.25) is 4.79 Å². The molecule has 0 unspecified atom stereocenters. The third kappa shape index (κ3) is 6.30. The van der Waals surface area contributed by atoms with Crippen molar-refractivity contribution in [3.05, 3.63) is 101 Å². The smallest absolute Gasteiger partial charge is 0.255 e. The highest BCUT2D eigenvalue weighted by Gasteiger charge is 2.15. The first-order chi connectivity index (χ1) is 16.8. The first-order valence-corrected chi connectivity index (χ1v) is 12.9. The van der Waals surface area contributed by atoms with Crippen LogP contribution in [0.15, 0.2) is 99.5 Å². The van der Waals surface area contributed by atoms with Gasteiger partial charge >= 0.3 is 0 Å². The number of carbonyl (C=O) groups is 1. The van der Waals surface area contributed by atoms with E-state index < -0.39 is 22.5 Å². The van der Waals surface area contributed by atoms with Crippen molar-refractivity contribution in [3.8, 4) is 16.9 Å². The van der Waals surface area contributed by atoms with Gasteiger partial charge in [0.2, 0.25) is 10.0 Å². The molecule has 35 heavy (non-hydrogen) atoms. The molecule has 0 aliphatic rings. The van der Waals surface area contributed by atoms with Crippen molar-refractivity contribution < 1.29 is 13.2 Å². The molecule has 0 radical (unpaired) electrons. The molecule has 0 bridgehead atoms. The molecule has 0 atom stereocenters.